The average Bonchev–Trinajstić information content (AvgIpc) is 2.49. The van der Waals surface area contributed by atoms with Crippen LogP contribution in [0.5, 0.6) is 0 Å². The van der Waals surface area contributed by atoms with Gasteiger partial charge in [-0.1, -0.05) is 12.1 Å². The van der Waals surface area contributed by atoms with Crippen LogP contribution in [0.2, 0.25) is 0 Å². The maximum atomic E-state index is 5.51. The van der Waals surface area contributed by atoms with Gasteiger partial charge in [-0.05, 0) is 42.4 Å². The van der Waals surface area contributed by atoms with Gasteiger partial charge in [-0.15, -0.1) is 0 Å². The molecule has 1 aromatic rings. The SMILES string of the molecule is Cc1cccc2c1SN(CCN)S2. The molecular weight excluding hydrogens is 200 g/mol. The molecule has 13 heavy (non-hydrogen) atoms. The van der Waals surface area contributed by atoms with E-state index < -0.39 is 0 Å². The van der Waals surface area contributed by atoms with E-state index in [4.69, 9.17) is 5.73 Å². The van der Waals surface area contributed by atoms with Crippen molar-refractivity contribution < 1.29 is 0 Å². The minimum atomic E-state index is 0.715. The summed E-state index contributed by atoms with van der Waals surface area (Å²) < 4.78 is 2.23. The second kappa shape index (κ2) is 3.92. The first-order chi connectivity index (χ1) is 6.31. The number of hydrogen-bond acceptors (Lipinski definition) is 4. The third-order valence-corrected chi connectivity index (χ3v) is 4.49. The molecule has 0 radical (unpaired) electrons. The van der Waals surface area contributed by atoms with Gasteiger partial charge in [0.25, 0.3) is 0 Å². The molecule has 0 bridgehead atoms. The van der Waals surface area contributed by atoms with Crippen LogP contribution in [0.4, 0.5) is 0 Å². The van der Waals surface area contributed by atoms with E-state index in [-0.39, 0.29) is 0 Å². The fraction of sp³-hybridized carbons (Fsp3) is 0.333. The highest BCUT2D eigenvalue weighted by atomic mass is 32.2. The Morgan fingerprint density at radius 2 is 2.23 bits per heavy atom. The van der Waals surface area contributed by atoms with Crippen LogP contribution in [-0.2, 0) is 0 Å². The zero-order valence-corrected chi connectivity index (χ0v) is 9.12. The van der Waals surface area contributed by atoms with E-state index in [9.17, 15) is 0 Å². The molecule has 0 saturated carbocycles. The minimum Gasteiger partial charge on any atom is -0.329 e. The van der Waals surface area contributed by atoms with Gasteiger partial charge < -0.3 is 5.73 Å². The monoisotopic (exact) mass is 212 g/mol. The van der Waals surface area contributed by atoms with E-state index in [2.05, 4.69) is 28.8 Å². The Balaban J connectivity index is 2.20. The van der Waals surface area contributed by atoms with Crippen molar-refractivity contribution in [3.05, 3.63) is 23.8 Å². The molecule has 70 valence electrons. The van der Waals surface area contributed by atoms with E-state index >= 15 is 0 Å². The van der Waals surface area contributed by atoms with Crippen LogP contribution in [0, 0.1) is 6.92 Å². The number of aryl methyl sites for hydroxylation is 1. The Labute approximate surface area is 87.1 Å². The first-order valence-corrected chi connectivity index (χ1v) is 5.79. The summed E-state index contributed by atoms with van der Waals surface area (Å²) in [6.45, 7) is 3.80. The van der Waals surface area contributed by atoms with Crippen LogP contribution >= 0.6 is 23.9 Å². The van der Waals surface area contributed by atoms with Gasteiger partial charge in [-0.25, -0.2) is 0 Å². The number of rotatable bonds is 2. The lowest BCUT2D eigenvalue weighted by atomic mass is 10.2. The molecule has 2 N–H and O–H groups in total. The molecule has 0 spiro atoms. The summed E-state index contributed by atoms with van der Waals surface area (Å²) in [5.74, 6) is 0. The normalized spacial score (nSPS) is 16.2. The summed E-state index contributed by atoms with van der Waals surface area (Å²) in [7, 11) is 0. The summed E-state index contributed by atoms with van der Waals surface area (Å²) in [5, 5.41) is 0. The van der Waals surface area contributed by atoms with Crippen LogP contribution < -0.4 is 5.73 Å². The first-order valence-electron chi connectivity index (χ1n) is 4.24. The minimum absolute atomic E-state index is 0.715. The molecule has 4 heteroatoms. The Bertz CT molecular complexity index is 314. The predicted molar refractivity (Wildman–Crippen MR) is 58.7 cm³/mol. The van der Waals surface area contributed by atoms with Gasteiger partial charge in [-0.2, -0.15) is 3.71 Å². The molecule has 1 aliphatic heterocycles. The van der Waals surface area contributed by atoms with E-state index in [1.165, 1.54) is 15.4 Å². The molecule has 0 saturated heterocycles. The molecule has 0 fully saturated rings. The van der Waals surface area contributed by atoms with Crippen molar-refractivity contribution in [2.45, 2.75) is 16.7 Å². The summed E-state index contributed by atoms with van der Waals surface area (Å²) in [4.78, 5) is 2.75. The number of fused-ring (bicyclic) bond motifs is 1. The highest BCUT2D eigenvalue weighted by Crippen LogP contribution is 2.47. The summed E-state index contributed by atoms with van der Waals surface area (Å²) in [5.41, 5.74) is 6.87. The molecule has 2 rings (SSSR count). The lowest BCUT2D eigenvalue weighted by Gasteiger charge is -2.08. The molecule has 0 aromatic heterocycles. The molecule has 1 aromatic carbocycles. The lowest BCUT2D eigenvalue weighted by Crippen LogP contribution is -2.14. The van der Waals surface area contributed by atoms with Gasteiger partial charge in [0.15, 0.2) is 0 Å². The topological polar surface area (TPSA) is 29.3 Å². The van der Waals surface area contributed by atoms with Crippen LogP contribution in [0.1, 0.15) is 5.56 Å². The van der Waals surface area contributed by atoms with Crippen LogP contribution in [0.3, 0.4) is 0 Å². The quantitative estimate of drug-likeness (QED) is 0.762. The first kappa shape index (κ1) is 9.40. The highest BCUT2D eigenvalue weighted by Gasteiger charge is 2.21. The van der Waals surface area contributed by atoms with E-state index in [0.29, 0.717) is 6.54 Å². The van der Waals surface area contributed by atoms with E-state index in [0.717, 1.165) is 6.54 Å². The second-order valence-corrected chi connectivity index (χ2v) is 5.26. The van der Waals surface area contributed by atoms with Crippen molar-refractivity contribution in [2.75, 3.05) is 13.1 Å². The Morgan fingerprint density at radius 1 is 1.38 bits per heavy atom. The van der Waals surface area contributed by atoms with Crippen molar-refractivity contribution in [1.82, 2.24) is 3.71 Å². The molecule has 2 nitrogen and oxygen atoms in total. The molecule has 0 amide bonds. The summed E-state index contributed by atoms with van der Waals surface area (Å²) in [6.07, 6.45) is 0. The summed E-state index contributed by atoms with van der Waals surface area (Å²) in [6, 6.07) is 6.42. The smallest absolute Gasteiger partial charge is 0.0417 e. The largest absolute Gasteiger partial charge is 0.329 e. The van der Waals surface area contributed by atoms with Gasteiger partial charge in [0.1, 0.15) is 0 Å². The van der Waals surface area contributed by atoms with Gasteiger partial charge >= 0.3 is 0 Å². The number of hydrogen-bond donors (Lipinski definition) is 1. The van der Waals surface area contributed by atoms with Crippen LogP contribution in [0.25, 0.3) is 0 Å². The molecule has 1 heterocycles. The molecule has 1 aliphatic rings. The van der Waals surface area contributed by atoms with Crippen molar-refractivity contribution in [3.63, 3.8) is 0 Å². The lowest BCUT2D eigenvalue weighted by molar-refractivity contribution is 0.743. The standard InChI is InChI=1S/C9H12N2S2/c1-7-3-2-4-8-9(7)13-11(12-8)6-5-10/h2-4H,5-6,10H2,1H3. The predicted octanol–water partition coefficient (Wildman–Crippen LogP) is 2.28. The number of nitrogens with zero attached hydrogens (tertiary/aromatic N) is 1. The maximum Gasteiger partial charge on any atom is 0.0417 e. The second-order valence-electron chi connectivity index (χ2n) is 2.93. The van der Waals surface area contributed by atoms with Crippen molar-refractivity contribution in [1.29, 1.82) is 0 Å². The maximum absolute atomic E-state index is 5.51. The van der Waals surface area contributed by atoms with Gasteiger partial charge in [-0.3, -0.25) is 0 Å². The van der Waals surface area contributed by atoms with Gasteiger partial charge in [0.2, 0.25) is 0 Å². The highest BCUT2D eigenvalue weighted by molar-refractivity contribution is 8.14. The van der Waals surface area contributed by atoms with Crippen molar-refractivity contribution in [2.24, 2.45) is 5.73 Å². The molecular formula is C9H12N2S2. The Morgan fingerprint density at radius 3 is 2.92 bits per heavy atom. The van der Waals surface area contributed by atoms with Crippen molar-refractivity contribution >= 4 is 23.9 Å². The Kier molecular flexibility index (Phi) is 2.83. The van der Waals surface area contributed by atoms with E-state index in [1.54, 1.807) is 23.9 Å². The zero-order valence-electron chi connectivity index (χ0n) is 7.49. The van der Waals surface area contributed by atoms with Gasteiger partial charge in [0, 0.05) is 22.9 Å². The zero-order chi connectivity index (χ0) is 9.26. The van der Waals surface area contributed by atoms with Crippen LogP contribution in [0.15, 0.2) is 28.0 Å². The number of benzene rings is 1. The summed E-state index contributed by atoms with van der Waals surface area (Å²) >= 11 is 3.59. The molecule has 0 aliphatic carbocycles. The van der Waals surface area contributed by atoms with Gasteiger partial charge in [0.05, 0.1) is 0 Å². The van der Waals surface area contributed by atoms with Crippen molar-refractivity contribution in [3.8, 4) is 0 Å². The van der Waals surface area contributed by atoms with Crippen LogP contribution in [-0.4, -0.2) is 16.8 Å². The molecule has 0 unspecified atom stereocenters. The fourth-order valence-corrected chi connectivity index (χ4v) is 3.65. The Hall–Kier alpha value is -0.160. The third kappa shape index (κ3) is 1.86. The average molecular weight is 212 g/mol. The van der Waals surface area contributed by atoms with E-state index in [1.807, 2.05) is 0 Å². The fourth-order valence-electron chi connectivity index (χ4n) is 1.24. The molecule has 0 atom stereocenters. The number of nitrogens with two attached hydrogens (primary N) is 1. The third-order valence-electron chi connectivity index (χ3n) is 1.88.